The number of aliphatic hydroxyl groups is 2. The number of thiazole rings is 2. The number of halogens is 3. The van der Waals surface area contributed by atoms with Crippen molar-refractivity contribution in [1.82, 2.24) is 20.6 Å². The van der Waals surface area contributed by atoms with Gasteiger partial charge in [0.05, 0.1) is 18.3 Å². The Kier molecular flexibility index (Phi) is 10.8. The van der Waals surface area contributed by atoms with Crippen LogP contribution in [0.1, 0.15) is 52.5 Å². The number of hydrogen-bond acceptors (Lipinski definition) is 8. The number of nitrogens with one attached hydrogen (secondary N) is 2. The van der Waals surface area contributed by atoms with Gasteiger partial charge in [0.1, 0.15) is 44.5 Å². The van der Waals surface area contributed by atoms with Gasteiger partial charge in [-0.15, -0.1) is 22.7 Å². The minimum atomic E-state index is -1.14. The predicted octanol–water partition coefficient (Wildman–Crippen LogP) is 4.79. The Hall–Kier alpha value is -3.65. The Bertz CT molecular complexity index is 1460. The second kappa shape index (κ2) is 14.5. The maximum absolute atomic E-state index is 13.7. The van der Waals surface area contributed by atoms with Gasteiger partial charge in [-0.1, -0.05) is 12.1 Å². The van der Waals surface area contributed by atoms with Crippen molar-refractivity contribution in [2.75, 3.05) is 0 Å². The molecule has 4 N–H and O–H groups in total. The number of aryl methyl sites for hydroxylation is 1. The lowest BCUT2D eigenvalue weighted by molar-refractivity contribution is -0.125. The van der Waals surface area contributed by atoms with E-state index in [9.17, 15) is 33.0 Å². The number of hydrogen-bond donors (Lipinski definition) is 4. The van der Waals surface area contributed by atoms with E-state index in [0.717, 1.165) is 35.1 Å². The van der Waals surface area contributed by atoms with E-state index in [1.807, 2.05) is 0 Å². The molecular formula is C29H29F3N4O4S2. The van der Waals surface area contributed by atoms with Gasteiger partial charge in [-0.05, 0) is 62.4 Å². The molecule has 2 heterocycles. The molecule has 2 unspecified atom stereocenters. The number of benzene rings is 2. The van der Waals surface area contributed by atoms with Crippen LogP contribution >= 0.6 is 22.7 Å². The fourth-order valence-electron chi connectivity index (χ4n) is 4.21. The molecule has 2 amide bonds. The van der Waals surface area contributed by atoms with Gasteiger partial charge >= 0.3 is 0 Å². The van der Waals surface area contributed by atoms with E-state index < -0.39 is 47.7 Å². The third kappa shape index (κ3) is 8.68. The van der Waals surface area contributed by atoms with Crippen molar-refractivity contribution >= 4 is 34.5 Å². The fraction of sp³-hybridized carbons (Fsp3) is 0.310. The van der Waals surface area contributed by atoms with Crippen LogP contribution in [0.25, 0.3) is 10.6 Å². The van der Waals surface area contributed by atoms with Gasteiger partial charge in [-0.2, -0.15) is 0 Å². The van der Waals surface area contributed by atoms with Gasteiger partial charge in [-0.3, -0.25) is 9.59 Å². The second-order valence-corrected chi connectivity index (χ2v) is 11.7. The van der Waals surface area contributed by atoms with Crippen molar-refractivity contribution in [3.63, 3.8) is 0 Å². The highest BCUT2D eigenvalue weighted by atomic mass is 32.1. The summed E-state index contributed by atoms with van der Waals surface area (Å²) in [7, 11) is 0. The molecule has 0 saturated heterocycles. The van der Waals surface area contributed by atoms with Gasteiger partial charge in [0, 0.05) is 23.2 Å². The first-order valence-electron chi connectivity index (χ1n) is 13.1. The summed E-state index contributed by atoms with van der Waals surface area (Å²) in [5, 5.41) is 28.7. The number of nitrogens with zero attached hydrogens (tertiary/aromatic N) is 2. The lowest BCUT2D eigenvalue weighted by atomic mass is 10.00. The minimum absolute atomic E-state index is 0.0913. The van der Waals surface area contributed by atoms with Crippen LogP contribution in [0.4, 0.5) is 13.2 Å². The van der Waals surface area contributed by atoms with E-state index in [1.165, 1.54) is 35.9 Å². The minimum Gasteiger partial charge on any atom is -0.393 e. The van der Waals surface area contributed by atoms with Gasteiger partial charge in [0.15, 0.2) is 0 Å². The Morgan fingerprint density at radius 3 is 2.29 bits per heavy atom. The second-order valence-electron chi connectivity index (χ2n) is 9.74. The molecule has 0 aliphatic rings. The molecule has 42 heavy (non-hydrogen) atoms. The molecule has 222 valence electrons. The third-order valence-corrected chi connectivity index (χ3v) is 8.30. The van der Waals surface area contributed by atoms with Crippen molar-refractivity contribution in [2.24, 2.45) is 0 Å². The first-order chi connectivity index (χ1) is 20.1. The van der Waals surface area contributed by atoms with E-state index in [1.54, 1.807) is 24.4 Å². The first-order valence-corrected chi connectivity index (χ1v) is 14.8. The summed E-state index contributed by atoms with van der Waals surface area (Å²) >= 11 is 2.13. The molecule has 0 aliphatic heterocycles. The number of aliphatic hydroxyl groups excluding tert-OH is 2. The lowest BCUT2D eigenvalue weighted by Gasteiger charge is -2.26. The Morgan fingerprint density at radius 2 is 1.64 bits per heavy atom. The molecule has 13 heteroatoms. The van der Waals surface area contributed by atoms with E-state index >= 15 is 0 Å². The SMILES string of the molecule is CC(O)CC[C@H](NC(=O)c1cnc(-c2cc(F)cc(F)c2)s1)C(=O)N[C@@H](CCc1ccc(F)cc1)C(O)c1nccs1. The highest BCUT2D eigenvalue weighted by Gasteiger charge is 2.29. The van der Waals surface area contributed by atoms with Crippen LogP contribution in [0.3, 0.4) is 0 Å². The van der Waals surface area contributed by atoms with Crippen LogP contribution in [0.15, 0.2) is 60.2 Å². The molecule has 0 bridgehead atoms. The molecule has 0 radical (unpaired) electrons. The molecule has 8 nitrogen and oxygen atoms in total. The molecule has 2 aromatic carbocycles. The van der Waals surface area contributed by atoms with Crippen LogP contribution in [-0.2, 0) is 11.2 Å². The van der Waals surface area contributed by atoms with Gasteiger partial charge in [0.25, 0.3) is 5.91 Å². The number of carbonyl (C=O) groups excluding carboxylic acids is 2. The number of aromatic nitrogens is 2. The number of amides is 2. The van der Waals surface area contributed by atoms with Crippen molar-refractivity contribution in [1.29, 1.82) is 0 Å². The largest absolute Gasteiger partial charge is 0.393 e. The van der Waals surface area contributed by atoms with Gasteiger partial charge < -0.3 is 20.8 Å². The van der Waals surface area contributed by atoms with Crippen molar-refractivity contribution in [3.8, 4) is 10.6 Å². The van der Waals surface area contributed by atoms with Crippen LogP contribution < -0.4 is 10.6 Å². The lowest BCUT2D eigenvalue weighted by Crippen LogP contribution is -2.51. The topological polar surface area (TPSA) is 124 Å². The summed E-state index contributed by atoms with van der Waals surface area (Å²) in [5.74, 6) is -3.16. The van der Waals surface area contributed by atoms with E-state index in [4.69, 9.17) is 0 Å². The van der Waals surface area contributed by atoms with Crippen molar-refractivity contribution in [3.05, 3.63) is 93.1 Å². The monoisotopic (exact) mass is 618 g/mol. The van der Waals surface area contributed by atoms with Crippen molar-refractivity contribution in [2.45, 2.75) is 56.9 Å². The highest BCUT2D eigenvalue weighted by molar-refractivity contribution is 7.16. The van der Waals surface area contributed by atoms with Crippen LogP contribution in [0.2, 0.25) is 0 Å². The first kappa shape index (κ1) is 31.3. The molecular weight excluding hydrogens is 589 g/mol. The molecule has 4 atom stereocenters. The summed E-state index contributed by atoms with van der Waals surface area (Å²) < 4.78 is 40.7. The van der Waals surface area contributed by atoms with Crippen LogP contribution in [-0.4, -0.2) is 50.2 Å². The maximum Gasteiger partial charge on any atom is 0.263 e. The van der Waals surface area contributed by atoms with Gasteiger partial charge in [0.2, 0.25) is 5.91 Å². The Morgan fingerprint density at radius 1 is 0.929 bits per heavy atom. The smallest absolute Gasteiger partial charge is 0.263 e. The van der Waals surface area contributed by atoms with Crippen LogP contribution in [0.5, 0.6) is 0 Å². The number of carbonyl (C=O) groups is 2. The Labute approximate surface area is 248 Å². The maximum atomic E-state index is 13.7. The molecule has 0 saturated carbocycles. The standard InChI is InChI=1S/C29H29F3N4O4S2/c1-16(37)2-8-23(36-27(40)24-15-34-28(42-24)18-12-20(31)14-21(32)13-18)26(39)35-22(25(38)29-33-10-11-41-29)9-5-17-3-6-19(30)7-4-17/h3-4,6-7,10-16,22-23,25,37-38H,2,5,8-9H2,1H3,(H,35,39)(H,36,40)/t16?,22-,23-,25?/m0/s1. The normalized spacial score (nSPS) is 14.1. The predicted molar refractivity (Wildman–Crippen MR) is 153 cm³/mol. The van der Waals surface area contributed by atoms with Crippen molar-refractivity contribution < 1.29 is 33.0 Å². The summed E-state index contributed by atoms with van der Waals surface area (Å²) in [5.41, 5.74) is 0.972. The zero-order valence-corrected chi connectivity index (χ0v) is 24.1. The molecule has 2 aromatic heterocycles. The van der Waals surface area contributed by atoms with E-state index in [0.29, 0.717) is 11.4 Å². The zero-order valence-electron chi connectivity index (χ0n) is 22.5. The van der Waals surface area contributed by atoms with Gasteiger partial charge in [-0.25, -0.2) is 23.1 Å². The summed E-state index contributed by atoms with van der Waals surface area (Å²) in [6.45, 7) is 1.56. The quantitative estimate of drug-likeness (QED) is 0.171. The fourth-order valence-corrected chi connectivity index (χ4v) is 5.71. The average molecular weight is 619 g/mol. The van der Waals surface area contributed by atoms with E-state index in [-0.39, 0.29) is 40.5 Å². The van der Waals surface area contributed by atoms with Crippen LogP contribution in [0, 0.1) is 17.5 Å². The zero-order chi connectivity index (χ0) is 30.2. The summed E-state index contributed by atoms with van der Waals surface area (Å²) in [6, 6.07) is 6.96. The highest BCUT2D eigenvalue weighted by Crippen LogP contribution is 2.27. The molecule has 0 spiro atoms. The summed E-state index contributed by atoms with van der Waals surface area (Å²) in [4.78, 5) is 35.0. The third-order valence-electron chi connectivity index (χ3n) is 6.40. The average Bonchev–Trinajstić information content (AvgIpc) is 3.66. The molecule has 0 fully saturated rings. The summed E-state index contributed by atoms with van der Waals surface area (Å²) in [6.07, 6.45) is 1.90. The van der Waals surface area contributed by atoms with E-state index in [2.05, 4.69) is 20.6 Å². The molecule has 0 aliphatic carbocycles. The molecule has 4 rings (SSSR count). The number of rotatable bonds is 13. The molecule has 4 aromatic rings. The Balaban J connectivity index is 1.49.